The van der Waals surface area contributed by atoms with Crippen molar-refractivity contribution in [3.63, 3.8) is 0 Å². The van der Waals surface area contributed by atoms with Gasteiger partial charge in [-0.15, -0.1) is 0 Å². The van der Waals surface area contributed by atoms with Gasteiger partial charge in [-0.05, 0) is 0 Å². The van der Waals surface area contributed by atoms with E-state index in [1.165, 1.54) is 20.9 Å². The molecule has 0 amide bonds. The number of benzene rings is 3. The van der Waals surface area contributed by atoms with Crippen molar-refractivity contribution in [2.45, 2.75) is 6.16 Å². The van der Waals surface area contributed by atoms with Gasteiger partial charge in [-0.1, -0.05) is 0 Å². The van der Waals surface area contributed by atoms with Gasteiger partial charge in [0.05, 0.1) is 0 Å². The minimum absolute atomic E-state index is 0.989. The van der Waals surface area contributed by atoms with Gasteiger partial charge in [0, 0.05) is 0 Å². The molecule has 0 bridgehead atoms. The van der Waals surface area contributed by atoms with Crippen LogP contribution in [0.25, 0.3) is 0 Å². The first-order valence-corrected chi connectivity index (χ1v) is 11.5. The van der Waals surface area contributed by atoms with Crippen molar-refractivity contribution in [2.24, 2.45) is 0 Å². The van der Waals surface area contributed by atoms with E-state index in [-0.39, 0.29) is 0 Å². The van der Waals surface area contributed by atoms with E-state index >= 15 is 0 Å². The summed E-state index contributed by atoms with van der Waals surface area (Å²) in [5.74, 6) is 0. The number of hydrogen-bond donors (Lipinski definition) is 0. The first kappa shape index (κ1) is 16.2. The minimum atomic E-state index is -2.18. The van der Waals surface area contributed by atoms with Crippen LogP contribution in [0.1, 0.15) is 5.01 Å². The average Bonchev–Trinajstić information content (AvgIpc) is 3.21. The molecule has 0 saturated carbocycles. The normalized spacial score (nSPS) is 12.0. The third-order valence-electron chi connectivity index (χ3n) is 4.70. The molecule has 0 unspecified atom stereocenters. The van der Waals surface area contributed by atoms with Crippen molar-refractivity contribution in [2.75, 3.05) is 0 Å². The molecule has 3 aromatic carbocycles. The van der Waals surface area contributed by atoms with Crippen molar-refractivity contribution in [1.82, 2.24) is 4.98 Å². The molecule has 1 aromatic heterocycles. The molecule has 0 N–H and O–H groups in total. The Morgan fingerprint density at radius 3 is 1.44 bits per heavy atom. The summed E-state index contributed by atoms with van der Waals surface area (Å²) in [6.07, 6.45) is 2.91. The summed E-state index contributed by atoms with van der Waals surface area (Å²) >= 11 is 1.76. The molecule has 3 heteroatoms. The molecule has 0 aliphatic rings. The van der Waals surface area contributed by atoms with Gasteiger partial charge in [-0.25, -0.2) is 0 Å². The van der Waals surface area contributed by atoms with E-state index in [2.05, 4.69) is 101 Å². The molecule has 25 heavy (non-hydrogen) atoms. The standard InChI is InChI=1S/C22H20NPS/c1-4-10-19(11-5-1)24(18-22-23-16-17-25-22,20-12-6-2-7-13-20)21-14-8-3-9-15-21/h1-17,24H,18H2. The quantitative estimate of drug-likeness (QED) is 0.481. The van der Waals surface area contributed by atoms with Crippen LogP contribution in [-0.2, 0) is 6.16 Å². The van der Waals surface area contributed by atoms with Gasteiger partial charge in [0.25, 0.3) is 0 Å². The summed E-state index contributed by atoms with van der Waals surface area (Å²) in [5.41, 5.74) is 0. The molecule has 0 atom stereocenters. The molecule has 0 aliphatic heterocycles. The maximum atomic E-state index is 4.63. The molecular formula is C22H20NPS. The fraction of sp³-hybridized carbons (Fsp3) is 0.0455. The molecule has 124 valence electrons. The first-order chi connectivity index (χ1) is 12.4. The summed E-state index contributed by atoms with van der Waals surface area (Å²) in [4.78, 5) is 4.63. The topological polar surface area (TPSA) is 12.9 Å². The molecule has 0 spiro atoms. The predicted molar refractivity (Wildman–Crippen MR) is 112 cm³/mol. The van der Waals surface area contributed by atoms with Crippen LogP contribution < -0.4 is 15.9 Å². The second kappa shape index (κ2) is 7.31. The molecule has 0 fully saturated rings. The number of hydrogen-bond acceptors (Lipinski definition) is 2. The zero-order valence-corrected chi connectivity index (χ0v) is 15.7. The number of nitrogens with zero attached hydrogens (tertiary/aromatic N) is 1. The summed E-state index contributed by atoms with van der Waals surface area (Å²) in [6.45, 7) is 0. The van der Waals surface area contributed by atoms with E-state index in [1.54, 1.807) is 11.3 Å². The predicted octanol–water partition coefficient (Wildman–Crippen LogP) is 4.37. The van der Waals surface area contributed by atoms with Crippen molar-refractivity contribution in [3.05, 3.63) is 108 Å². The van der Waals surface area contributed by atoms with Crippen LogP contribution in [0.2, 0.25) is 0 Å². The molecule has 0 saturated heterocycles. The summed E-state index contributed by atoms with van der Waals surface area (Å²) in [5, 5.41) is 7.59. The molecule has 4 aromatic rings. The molecule has 0 aliphatic carbocycles. The van der Waals surface area contributed by atoms with E-state index in [1.807, 2.05) is 6.20 Å². The van der Waals surface area contributed by atoms with E-state index in [0.717, 1.165) is 6.16 Å². The van der Waals surface area contributed by atoms with Gasteiger partial charge < -0.3 is 0 Å². The zero-order chi connectivity index (χ0) is 17.0. The van der Waals surface area contributed by atoms with Crippen LogP contribution >= 0.6 is 18.6 Å². The fourth-order valence-electron chi connectivity index (χ4n) is 3.54. The van der Waals surface area contributed by atoms with Crippen LogP contribution in [0.4, 0.5) is 0 Å². The van der Waals surface area contributed by atoms with Crippen LogP contribution in [0.15, 0.2) is 103 Å². The van der Waals surface area contributed by atoms with Crippen LogP contribution in [0.5, 0.6) is 0 Å². The van der Waals surface area contributed by atoms with Crippen LogP contribution in [-0.4, -0.2) is 4.98 Å². The summed E-state index contributed by atoms with van der Waals surface area (Å²) in [7, 11) is -2.18. The second-order valence-corrected chi connectivity index (χ2v) is 11.0. The van der Waals surface area contributed by atoms with Gasteiger partial charge in [-0.3, -0.25) is 0 Å². The third kappa shape index (κ3) is 3.16. The van der Waals surface area contributed by atoms with Crippen molar-refractivity contribution >= 4 is 34.5 Å². The number of aromatic nitrogens is 1. The Bertz CT molecular complexity index is 810. The van der Waals surface area contributed by atoms with Crippen LogP contribution in [0, 0.1) is 0 Å². The van der Waals surface area contributed by atoms with E-state index in [0.29, 0.717) is 0 Å². The average molecular weight is 361 g/mol. The Labute approximate surface area is 153 Å². The van der Waals surface area contributed by atoms with Crippen LogP contribution in [0.3, 0.4) is 0 Å². The molecule has 4 rings (SSSR count). The van der Waals surface area contributed by atoms with Crippen molar-refractivity contribution in [3.8, 4) is 0 Å². The molecular weight excluding hydrogens is 341 g/mol. The van der Waals surface area contributed by atoms with Gasteiger partial charge >= 0.3 is 153 Å². The summed E-state index contributed by atoms with van der Waals surface area (Å²) in [6, 6.07) is 33.0. The summed E-state index contributed by atoms with van der Waals surface area (Å²) < 4.78 is 0. The van der Waals surface area contributed by atoms with Gasteiger partial charge in [0.2, 0.25) is 0 Å². The fourth-order valence-corrected chi connectivity index (χ4v) is 9.37. The van der Waals surface area contributed by atoms with Crippen molar-refractivity contribution < 1.29 is 0 Å². The Balaban J connectivity index is 2.01. The van der Waals surface area contributed by atoms with Gasteiger partial charge in [0.15, 0.2) is 0 Å². The Kier molecular flexibility index (Phi) is 4.74. The molecule has 1 heterocycles. The SMILES string of the molecule is c1ccc([PH](Cc2nccs2)(c2ccccc2)c2ccccc2)cc1. The van der Waals surface area contributed by atoms with E-state index in [9.17, 15) is 0 Å². The van der Waals surface area contributed by atoms with Crippen molar-refractivity contribution in [1.29, 1.82) is 0 Å². The number of rotatable bonds is 5. The van der Waals surface area contributed by atoms with Gasteiger partial charge in [0.1, 0.15) is 0 Å². The first-order valence-electron chi connectivity index (χ1n) is 8.44. The Hall–Kier alpha value is -2.28. The third-order valence-corrected chi connectivity index (χ3v) is 10.6. The van der Waals surface area contributed by atoms with E-state index in [4.69, 9.17) is 0 Å². The second-order valence-electron chi connectivity index (χ2n) is 6.11. The van der Waals surface area contributed by atoms with E-state index < -0.39 is 7.26 Å². The monoisotopic (exact) mass is 361 g/mol. The maximum absolute atomic E-state index is 4.63. The molecule has 0 radical (unpaired) electrons. The Morgan fingerprint density at radius 2 is 1.08 bits per heavy atom. The Morgan fingerprint density at radius 1 is 0.640 bits per heavy atom. The zero-order valence-electron chi connectivity index (χ0n) is 13.9. The van der Waals surface area contributed by atoms with Gasteiger partial charge in [-0.2, -0.15) is 0 Å². The number of thiazole rings is 1. The molecule has 1 nitrogen and oxygen atoms in total.